The van der Waals surface area contributed by atoms with Crippen molar-refractivity contribution in [1.29, 1.82) is 0 Å². The van der Waals surface area contributed by atoms with Gasteiger partial charge in [-0.1, -0.05) is 43.2 Å². The summed E-state index contributed by atoms with van der Waals surface area (Å²) in [5.41, 5.74) is 12.6. The van der Waals surface area contributed by atoms with Gasteiger partial charge < -0.3 is 21.2 Å². The van der Waals surface area contributed by atoms with Gasteiger partial charge in [0.2, 0.25) is 0 Å². The fraction of sp³-hybridized carbons (Fsp3) is 0.381. The molecule has 1 heterocycles. The van der Waals surface area contributed by atoms with Crippen LogP contribution in [0, 0.1) is 11.8 Å². The highest BCUT2D eigenvalue weighted by Crippen LogP contribution is 2.22. The molecule has 1 aromatic heterocycles. The number of benzene rings is 1. The van der Waals surface area contributed by atoms with Crippen LogP contribution in [0.5, 0.6) is 0 Å². The normalized spacial score (nSPS) is 10.2. The van der Waals surface area contributed by atoms with E-state index in [0.717, 1.165) is 49.8 Å². The molecule has 0 unspecified atom stereocenters. The average molecular weight is 353 g/mol. The van der Waals surface area contributed by atoms with Crippen LogP contribution >= 0.6 is 0 Å². The molecule has 0 saturated heterocycles. The predicted molar refractivity (Wildman–Crippen MR) is 105 cm³/mol. The molecule has 5 nitrogen and oxygen atoms in total. The molecule has 0 radical (unpaired) electrons. The van der Waals surface area contributed by atoms with Crippen molar-refractivity contribution >= 4 is 5.91 Å². The van der Waals surface area contributed by atoms with Crippen LogP contribution in [0.25, 0.3) is 11.3 Å². The molecule has 0 aliphatic heterocycles. The Morgan fingerprint density at radius 1 is 0.962 bits per heavy atom. The van der Waals surface area contributed by atoms with Crippen molar-refractivity contribution in [2.45, 2.75) is 32.1 Å². The van der Waals surface area contributed by atoms with Gasteiger partial charge in [-0.05, 0) is 43.7 Å². The van der Waals surface area contributed by atoms with Crippen molar-refractivity contribution in [1.82, 2.24) is 5.32 Å². The second kappa shape index (κ2) is 11.1. The number of carbonyl (C=O) groups is 1. The molecule has 0 aliphatic carbocycles. The van der Waals surface area contributed by atoms with E-state index in [1.165, 1.54) is 0 Å². The van der Waals surface area contributed by atoms with Crippen molar-refractivity contribution in [3.63, 3.8) is 0 Å². The number of rotatable bonds is 9. The number of nitrogens with two attached hydrogens (primary N) is 2. The van der Waals surface area contributed by atoms with Gasteiger partial charge in [-0.3, -0.25) is 4.79 Å². The molecule has 1 aromatic carbocycles. The third-order valence-electron chi connectivity index (χ3n) is 4.00. The summed E-state index contributed by atoms with van der Waals surface area (Å²) in [6, 6.07) is 11.2. The maximum Gasteiger partial charge on any atom is 0.287 e. The molecule has 5 N–H and O–H groups in total. The molecule has 26 heavy (non-hydrogen) atoms. The monoisotopic (exact) mass is 353 g/mol. The van der Waals surface area contributed by atoms with Gasteiger partial charge in [0, 0.05) is 17.7 Å². The van der Waals surface area contributed by atoms with Gasteiger partial charge in [0.05, 0.1) is 6.54 Å². The van der Waals surface area contributed by atoms with E-state index in [0.29, 0.717) is 24.6 Å². The molecule has 2 rings (SSSR count). The number of furan rings is 1. The van der Waals surface area contributed by atoms with Crippen LogP contribution < -0.4 is 16.8 Å². The first-order valence-electron chi connectivity index (χ1n) is 9.12. The van der Waals surface area contributed by atoms with Crippen molar-refractivity contribution in [2.24, 2.45) is 11.5 Å². The van der Waals surface area contributed by atoms with E-state index >= 15 is 0 Å². The first-order valence-corrected chi connectivity index (χ1v) is 9.12. The van der Waals surface area contributed by atoms with Gasteiger partial charge in [0.25, 0.3) is 5.91 Å². The lowest BCUT2D eigenvalue weighted by atomic mass is 10.1. The molecular weight excluding hydrogens is 326 g/mol. The van der Waals surface area contributed by atoms with Crippen molar-refractivity contribution in [3.8, 4) is 23.2 Å². The van der Waals surface area contributed by atoms with E-state index in [9.17, 15) is 4.79 Å². The zero-order valence-corrected chi connectivity index (χ0v) is 15.1. The highest BCUT2D eigenvalue weighted by molar-refractivity contribution is 5.92. The highest BCUT2D eigenvalue weighted by atomic mass is 16.3. The van der Waals surface area contributed by atoms with Gasteiger partial charge in [-0.2, -0.15) is 0 Å². The van der Waals surface area contributed by atoms with Crippen molar-refractivity contribution in [3.05, 3.63) is 47.7 Å². The Kier molecular flexibility index (Phi) is 8.47. The van der Waals surface area contributed by atoms with Gasteiger partial charge in [0.1, 0.15) is 5.76 Å². The highest BCUT2D eigenvalue weighted by Gasteiger charge is 2.11. The predicted octanol–water partition coefficient (Wildman–Crippen LogP) is 2.90. The summed E-state index contributed by atoms with van der Waals surface area (Å²) in [7, 11) is 0. The third-order valence-corrected chi connectivity index (χ3v) is 4.00. The second-order valence-electron chi connectivity index (χ2n) is 6.06. The van der Waals surface area contributed by atoms with Crippen LogP contribution in [-0.2, 0) is 0 Å². The Bertz CT molecular complexity index is 739. The maximum absolute atomic E-state index is 12.1. The van der Waals surface area contributed by atoms with Gasteiger partial charge in [-0.25, -0.2) is 0 Å². The summed E-state index contributed by atoms with van der Waals surface area (Å²) >= 11 is 0. The third kappa shape index (κ3) is 6.40. The van der Waals surface area contributed by atoms with E-state index in [2.05, 4.69) is 17.2 Å². The summed E-state index contributed by atoms with van der Waals surface area (Å²) in [5.74, 6) is 6.61. The lowest BCUT2D eigenvalue weighted by Crippen LogP contribution is -2.23. The zero-order valence-electron chi connectivity index (χ0n) is 15.1. The zero-order chi connectivity index (χ0) is 18.6. The number of hydrogen-bond donors (Lipinski definition) is 3. The summed E-state index contributed by atoms with van der Waals surface area (Å²) in [6.45, 7) is 1.75. The smallest absolute Gasteiger partial charge is 0.287 e. The number of carbonyl (C=O) groups excluding carboxylic acids is 1. The quantitative estimate of drug-likeness (QED) is 0.477. The van der Waals surface area contributed by atoms with Crippen molar-refractivity contribution < 1.29 is 9.21 Å². The Labute approximate surface area is 155 Å². The molecule has 138 valence electrons. The number of nitrogens with one attached hydrogen (secondary N) is 1. The molecule has 5 heteroatoms. The fourth-order valence-corrected chi connectivity index (χ4v) is 2.57. The first-order chi connectivity index (χ1) is 12.7. The molecule has 0 saturated carbocycles. The molecule has 0 atom stereocenters. The molecular formula is C21H27N3O2. The average Bonchev–Trinajstić information content (AvgIpc) is 3.16. The molecule has 1 amide bonds. The van der Waals surface area contributed by atoms with Crippen molar-refractivity contribution in [2.75, 3.05) is 19.6 Å². The minimum atomic E-state index is -0.177. The lowest BCUT2D eigenvalue weighted by Gasteiger charge is -2.03. The Morgan fingerprint density at radius 2 is 1.69 bits per heavy atom. The number of unbranched alkanes of at least 4 members (excludes halogenated alkanes) is 4. The van der Waals surface area contributed by atoms with E-state index < -0.39 is 0 Å². The Morgan fingerprint density at radius 3 is 2.42 bits per heavy atom. The van der Waals surface area contributed by atoms with Crippen LogP contribution in [0.2, 0.25) is 0 Å². The summed E-state index contributed by atoms with van der Waals surface area (Å²) in [4.78, 5) is 12.1. The Hall–Kier alpha value is -2.55. The van der Waals surface area contributed by atoms with E-state index in [-0.39, 0.29) is 5.91 Å². The maximum atomic E-state index is 12.1. The lowest BCUT2D eigenvalue weighted by molar-refractivity contribution is 0.0926. The summed E-state index contributed by atoms with van der Waals surface area (Å²) in [6.07, 6.45) is 5.45. The van der Waals surface area contributed by atoms with E-state index in [1.807, 2.05) is 30.3 Å². The minimum absolute atomic E-state index is 0.177. The first kappa shape index (κ1) is 19.8. The standard InChI is InChI=1S/C21H27N3O2/c22-14-4-2-1-3-5-16-24-21(25)20-13-12-19(26-20)18-10-8-17(9-11-18)7-6-15-23/h8-13H,1-5,14-16,22-23H2,(H,24,25). The second-order valence-corrected chi connectivity index (χ2v) is 6.06. The number of hydrogen-bond acceptors (Lipinski definition) is 4. The van der Waals surface area contributed by atoms with Crippen LogP contribution in [-0.4, -0.2) is 25.5 Å². The van der Waals surface area contributed by atoms with Crippen LogP contribution in [0.3, 0.4) is 0 Å². The molecule has 0 spiro atoms. The largest absolute Gasteiger partial charge is 0.451 e. The Balaban J connectivity index is 1.82. The van der Waals surface area contributed by atoms with E-state index in [1.54, 1.807) is 6.07 Å². The summed E-state index contributed by atoms with van der Waals surface area (Å²) < 4.78 is 5.68. The molecule has 0 aliphatic rings. The minimum Gasteiger partial charge on any atom is -0.451 e. The van der Waals surface area contributed by atoms with Gasteiger partial charge >= 0.3 is 0 Å². The van der Waals surface area contributed by atoms with Crippen LogP contribution in [0.15, 0.2) is 40.8 Å². The van der Waals surface area contributed by atoms with Crippen LogP contribution in [0.1, 0.15) is 48.2 Å². The molecule has 0 bridgehead atoms. The summed E-state index contributed by atoms with van der Waals surface area (Å²) in [5, 5.41) is 2.90. The number of amides is 1. The van der Waals surface area contributed by atoms with E-state index in [4.69, 9.17) is 15.9 Å². The molecule has 2 aromatic rings. The fourth-order valence-electron chi connectivity index (χ4n) is 2.57. The van der Waals surface area contributed by atoms with Crippen LogP contribution in [0.4, 0.5) is 0 Å². The SMILES string of the molecule is NCC#Cc1ccc(-c2ccc(C(=O)NCCCCCCCN)o2)cc1. The van der Waals surface area contributed by atoms with Gasteiger partial charge in [0.15, 0.2) is 5.76 Å². The topological polar surface area (TPSA) is 94.3 Å². The van der Waals surface area contributed by atoms with Gasteiger partial charge in [-0.15, -0.1) is 0 Å². The molecule has 0 fully saturated rings.